The number of anilines is 1. The highest BCUT2D eigenvalue weighted by molar-refractivity contribution is 5.48. The standard InChI is InChI=1S/C14H16N2O/c1-8-3-4-11-9(2)12(6-10(11)5-8)14-13(15)7-17-16-14/h3-5,7,9,12H,6,15H2,1-2H3. The molecule has 0 aliphatic heterocycles. The molecule has 88 valence electrons. The second kappa shape index (κ2) is 3.62. The third-order valence-corrected chi connectivity index (χ3v) is 3.81. The Morgan fingerprint density at radius 3 is 2.94 bits per heavy atom. The van der Waals surface area contributed by atoms with E-state index < -0.39 is 0 Å². The maximum Gasteiger partial charge on any atom is 0.147 e. The van der Waals surface area contributed by atoms with Gasteiger partial charge >= 0.3 is 0 Å². The fourth-order valence-corrected chi connectivity index (χ4v) is 2.85. The van der Waals surface area contributed by atoms with Crippen LogP contribution in [0.4, 0.5) is 5.69 Å². The molecule has 17 heavy (non-hydrogen) atoms. The summed E-state index contributed by atoms with van der Waals surface area (Å²) in [7, 11) is 0. The van der Waals surface area contributed by atoms with Crippen molar-refractivity contribution in [2.75, 3.05) is 5.73 Å². The van der Waals surface area contributed by atoms with Crippen LogP contribution in [0.25, 0.3) is 0 Å². The normalized spacial score (nSPS) is 22.7. The number of hydrogen-bond donors (Lipinski definition) is 1. The smallest absolute Gasteiger partial charge is 0.147 e. The number of nitrogens with two attached hydrogens (primary N) is 1. The quantitative estimate of drug-likeness (QED) is 0.816. The molecule has 3 nitrogen and oxygen atoms in total. The first-order chi connectivity index (χ1) is 8.16. The summed E-state index contributed by atoms with van der Waals surface area (Å²) in [6.45, 7) is 4.36. The van der Waals surface area contributed by atoms with Gasteiger partial charge in [0.25, 0.3) is 0 Å². The molecular formula is C14H16N2O. The molecule has 0 spiro atoms. The SMILES string of the molecule is Cc1ccc2c(c1)CC(c1nocc1N)C2C. The van der Waals surface area contributed by atoms with Gasteiger partial charge in [-0.05, 0) is 30.4 Å². The number of rotatable bonds is 1. The van der Waals surface area contributed by atoms with E-state index in [1.807, 2.05) is 0 Å². The Morgan fingerprint density at radius 1 is 1.41 bits per heavy atom. The van der Waals surface area contributed by atoms with E-state index in [1.165, 1.54) is 23.0 Å². The van der Waals surface area contributed by atoms with Gasteiger partial charge < -0.3 is 10.3 Å². The van der Waals surface area contributed by atoms with Crippen LogP contribution in [0.1, 0.15) is 41.1 Å². The van der Waals surface area contributed by atoms with Crippen molar-refractivity contribution >= 4 is 5.69 Å². The van der Waals surface area contributed by atoms with E-state index in [2.05, 4.69) is 37.2 Å². The highest BCUT2D eigenvalue weighted by Gasteiger charge is 2.33. The highest BCUT2D eigenvalue weighted by Crippen LogP contribution is 2.44. The third kappa shape index (κ3) is 1.54. The Bertz CT molecular complexity index is 559. The Hall–Kier alpha value is -1.77. The van der Waals surface area contributed by atoms with Gasteiger partial charge in [-0.25, -0.2) is 0 Å². The van der Waals surface area contributed by atoms with Crippen LogP contribution < -0.4 is 5.73 Å². The Labute approximate surface area is 101 Å². The van der Waals surface area contributed by atoms with Gasteiger partial charge in [-0.2, -0.15) is 0 Å². The molecule has 0 bridgehead atoms. The van der Waals surface area contributed by atoms with Crippen molar-refractivity contribution in [3.8, 4) is 0 Å². The summed E-state index contributed by atoms with van der Waals surface area (Å²) in [6.07, 6.45) is 2.53. The lowest BCUT2D eigenvalue weighted by atomic mass is 9.91. The minimum absolute atomic E-state index is 0.352. The lowest BCUT2D eigenvalue weighted by Gasteiger charge is -2.13. The van der Waals surface area contributed by atoms with Crippen molar-refractivity contribution in [3.05, 3.63) is 46.8 Å². The van der Waals surface area contributed by atoms with Crippen LogP contribution in [0.2, 0.25) is 0 Å². The van der Waals surface area contributed by atoms with Gasteiger partial charge in [-0.1, -0.05) is 35.8 Å². The number of nitrogen functional groups attached to an aromatic ring is 1. The average Bonchev–Trinajstić information content (AvgIpc) is 2.83. The monoisotopic (exact) mass is 228 g/mol. The molecule has 0 saturated carbocycles. The second-order valence-electron chi connectivity index (χ2n) is 4.96. The highest BCUT2D eigenvalue weighted by atomic mass is 16.5. The Kier molecular flexibility index (Phi) is 2.21. The van der Waals surface area contributed by atoms with E-state index in [9.17, 15) is 0 Å². The number of aryl methyl sites for hydroxylation is 1. The van der Waals surface area contributed by atoms with Gasteiger partial charge in [0.15, 0.2) is 0 Å². The zero-order valence-corrected chi connectivity index (χ0v) is 10.1. The number of fused-ring (bicyclic) bond motifs is 1. The predicted molar refractivity (Wildman–Crippen MR) is 67.0 cm³/mol. The van der Waals surface area contributed by atoms with Gasteiger partial charge in [0.1, 0.15) is 12.0 Å². The molecule has 1 aliphatic carbocycles. The van der Waals surface area contributed by atoms with E-state index >= 15 is 0 Å². The second-order valence-corrected chi connectivity index (χ2v) is 4.96. The van der Waals surface area contributed by atoms with E-state index in [0.717, 1.165) is 12.1 Å². The number of hydrogen-bond acceptors (Lipinski definition) is 3. The number of benzene rings is 1. The van der Waals surface area contributed by atoms with Crippen LogP contribution in [0.5, 0.6) is 0 Å². The van der Waals surface area contributed by atoms with E-state index in [4.69, 9.17) is 10.3 Å². The molecule has 2 atom stereocenters. The fraction of sp³-hybridized carbons (Fsp3) is 0.357. The molecule has 1 aliphatic rings. The molecule has 2 aromatic rings. The van der Waals surface area contributed by atoms with Crippen LogP contribution in [-0.4, -0.2) is 5.16 Å². The summed E-state index contributed by atoms with van der Waals surface area (Å²) in [4.78, 5) is 0. The van der Waals surface area contributed by atoms with Gasteiger partial charge in [-0.3, -0.25) is 0 Å². The molecule has 0 saturated heterocycles. The first-order valence-electron chi connectivity index (χ1n) is 5.96. The molecule has 1 heterocycles. The van der Waals surface area contributed by atoms with Gasteiger partial charge in [0.05, 0.1) is 5.69 Å². The van der Waals surface area contributed by atoms with Crippen molar-refractivity contribution in [2.45, 2.75) is 32.1 Å². The van der Waals surface area contributed by atoms with Crippen molar-refractivity contribution < 1.29 is 4.52 Å². The minimum atomic E-state index is 0.352. The third-order valence-electron chi connectivity index (χ3n) is 3.81. The summed E-state index contributed by atoms with van der Waals surface area (Å²) in [5.74, 6) is 0.809. The minimum Gasteiger partial charge on any atom is -0.395 e. The molecule has 3 heteroatoms. The zero-order chi connectivity index (χ0) is 12.0. The molecule has 1 aromatic carbocycles. The van der Waals surface area contributed by atoms with Crippen molar-refractivity contribution in [2.24, 2.45) is 0 Å². The molecular weight excluding hydrogens is 212 g/mol. The molecule has 3 rings (SSSR count). The number of nitrogens with zero attached hydrogens (tertiary/aromatic N) is 1. The molecule has 2 unspecified atom stereocenters. The van der Waals surface area contributed by atoms with Crippen molar-refractivity contribution in [1.29, 1.82) is 0 Å². The van der Waals surface area contributed by atoms with Gasteiger partial charge in [0.2, 0.25) is 0 Å². The van der Waals surface area contributed by atoms with E-state index in [1.54, 1.807) is 0 Å². The molecule has 0 fully saturated rings. The van der Waals surface area contributed by atoms with E-state index in [0.29, 0.717) is 17.5 Å². The topological polar surface area (TPSA) is 52.0 Å². The lowest BCUT2D eigenvalue weighted by molar-refractivity contribution is 0.401. The zero-order valence-electron chi connectivity index (χ0n) is 10.1. The summed E-state index contributed by atoms with van der Waals surface area (Å²) >= 11 is 0. The first-order valence-corrected chi connectivity index (χ1v) is 5.96. The summed E-state index contributed by atoms with van der Waals surface area (Å²) in [6, 6.07) is 6.66. The van der Waals surface area contributed by atoms with Crippen LogP contribution >= 0.6 is 0 Å². The largest absolute Gasteiger partial charge is 0.395 e. The summed E-state index contributed by atoms with van der Waals surface area (Å²) < 4.78 is 4.95. The van der Waals surface area contributed by atoms with Crippen LogP contribution in [-0.2, 0) is 6.42 Å². The summed E-state index contributed by atoms with van der Waals surface area (Å²) in [5.41, 5.74) is 11.6. The number of aromatic nitrogens is 1. The van der Waals surface area contributed by atoms with Gasteiger partial charge in [0, 0.05) is 5.92 Å². The first kappa shape index (κ1) is 10.4. The van der Waals surface area contributed by atoms with Gasteiger partial charge in [-0.15, -0.1) is 0 Å². The fourth-order valence-electron chi connectivity index (χ4n) is 2.85. The van der Waals surface area contributed by atoms with Crippen LogP contribution in [0.3, 0.4) is 0 Å². The lowest BCUT2D eigenvalue weighted by Crippen LogP contribution is -2.05. The van der Waals surface area contributed by atoms with Crippen molar-refractivity contribution in [3.63, 3.8) is 0 Å². The van der Waals surface area contributed by atoms with Crippen molar-refractivity contribution in [1.82, 2.24) is 5.16 Å². The van der Waals surface area contributed by atoms with E-state index in [-0.39, 0.29) is 0 Å². The average molecular weight is 228 g/mol. The molecule has 1 aromatic heterocycles. The van der Waals surface area contributed by atoms with Crippen LogP contribution in [0, 0.1) is 6.92 Å². The molecule has 0 radical (unpaired) electrons. The molecule has 0 amide bonds. The Morgan fingerprint density at radius 2 is 2.24 bits per heavy atom. The predicted octanol–water partition coefficient (Wildman–Crippen LogP) is 3.01. The maximum atomic E-state index is 5.89. The Balaban J connectivity index is 2.02. The maximum absolute atomic E-state index is 5.89. The molecule has 2 N–H and O–H groups in total. The summed E-state index contributed by atoms with van der Waals surface area (Å²) in [5, 5.41) is 4.05. The van der Waals surface area contributed by atoms with Crippen LogP contribution in [0.15, 0.2) is 29.0 Å².